The van der Waals surface area contributed by atoms with Crippen LogP contribution in [0.25, 0.3) is 0 Å². The molecule has 0 bridgehead atoms. The molecular formula is C18H24N3O+. The van der Waals surface area contributed by atoms with Crippen LogP contribution in [0.15, 0.2) is 64.8 Å². The van der Waals surface area contributed by atoms with E-state index in [2.05, 4.69) is 16.0 Å². The van der Waals surface area contributed by atoms with E-state index in [9.17, 15) is 0 Å². The molecule has 0 radical (unpaired) electrons. The predicted octanol–water partition coefficient (Wildman–Crippen LogP) is 4.28. The highest BCUT2D eigenvalue weighted by atomic mass is 16.5. The topological polar surface area (TPSA) is 61.6 Å². The summed E-state index contributed by atoms with van der Waals surface area (Å²) in [6.45, 7) is 1.79. The van der Waals surface area contributed by atoms with Crippen molar-refractivity contribution < 1.29 is 10.5 Å². The van der Waals surface area contributed by atoms with Gasteiger partial charge in [0, 0.05) is 0 Å². The number of hydrogen-bond donors (Lipinski definition) is 1. The Morgan fingerprint density at radius 3 is 2.05 bits per heavy atom. The van der Waals surface area contributed by atoms with Gasteiger partial charge < -0.3 is 10.5 Å². The number of azo groups is 1. The van der Waals surface area contributed by atoms with E-state index in [0.29, 0.717) is 0 Å². The molecule has 116 valence electrons. The third kappa shape index (κ3) is 6.06. The summed E-state index contributed by atoms with van der Waals surface area (Å²) in [5, 5.41) is 8.40. The Labute approximate surface area is 132 Å². The minimum Gasteiger partial charge on any atom is -0.494 e. The summed E-state index contributed by atoms with van der Waals surface area (Å²) in [6, 6.07) is 17.4. The molecule has 4 nitrogen and oxygen atoms in total. The molecule has 0 amide bonds. The van der Waals surface area contributed by atoms with Crippen molar-refractivity contribution in [3.8, 4) is 5.75 Å². The van der Waals surface area contributed by atoms with Crippen molar-refractivity contribution in [1.82, 2.24) is 0 Å². The van der Waals surface area contributed by atoms with Crippen LogP contribution in [-0.4, -0.2) is 13.2 Å². The lowest BCUT2D eigenvalue weighted by Crippen LogP contribution is -2.50. The number of unbranched alkanes of at least 4 members (excludes halogenated alkanes) is 3. The highest BCUT2D eigenvalue weighted by Crippen LogP contribution is 2.21. The minimum atomic E-state index is 0.766. The fraction of sp³-hybridized carbons (Fsp3) is 0.333. The minimum absolute atomic E-state index is 0.766. The van der Waals surface area contributed by atoms with Crippen LogP contribution >= 0.6 is 0 Å². The van der Waals surface area contributed by atoms with Crippen LogP contribution in [0.2, 0.25) is 0 Å². The Hall–Kier alpha value is -2.20. The smallest absolute Gasteiger partial charge is 0.119 e. The second-order valence-corrected chi connectivity index (χ2v) is 5.15. The first kappa shape index (κ1) is 16.2. The largest absolute Gasteiger partial charge is 0.494 e. The maximum Gasteiger partial charge on any atom is 0.119 e. The summed E-state index contributed by atoms with van der Waals surface area (Å²) in [4.78, 5) is 0. The lowest BCUT2D eigenvalue weighted by atomic mass is 10.2. The second kappa shape index (κ2) is 9.68. The summed E-state index contributed by atoms with van der Waals surface area (Å²) in [5.41, 5.74) is 5.52. The zero-order chi connectivity index (χ0) is 15.5. The standard InChI is InChI=1S/C18H23N3O/c19-14-6-1-2-7-15-22-18-12-10-17(11-13-18)21-20-16-8-4-3-5-9-16/h3-5,8-13H,1-2,6-7,14-15,19H2/p+1. The van der Waals surface area contributed by atoms with E-state index >= 15 is 0 Å². The number of rotatable bonds is 9. The Morgan fingerprint density at radius 2 is 1.36 bits per heavy atom. The fourth-order valence-electron chi connectivity index (χ4n) is 2.04. The van der Waals surface area contributed by atoms with Crippen molar-refractivity contribution in [2.45, 2.75) is 25.7 Å². The molecule has 0 aliphatic rings. The second-order valence-electron chi connectivity index (χ2n) is 5.15. The quantitative estimate of drug-likeness (QED) is 0.545. The van der Waals surface area contributed by atoms with Crippen molar-refractivity contribution in [2.75, 3.05) is 13.2 Å². The van der Waals surface area contributed by atoms with Crippen molar-refractivity contribution in [3.05, 3.63) is 54.6 Å². The summed E-state index contributed by atoms with van der Waals surface area (Å²) >= 11 is 0. The van der Waals surface area contributed by atoms with Gasteiger partial charge in [-0.15, -0.1) is 0 Å². The van der Waals surface area contributed by atoms with Gasteiger partial charge in [0.1, 0.15) is 5.75 Å². The molecule has 0 spiro atoms. The number of quaternary nitrogens is 1. The summed E-state index contributed by atoms with van der Waals surface area (Å²) in [6.07, 6.45) is 4.75. The van der Waals surface area contributed by atoms with E-state index in [0.717, 1.165) is 36.7 Å². The highest BCUT2D eigenvalue weighted by Gasteiger charge is 1.96. The average Bonchev–Trinajstić information content (AvgIpc) is 2.58. The predicted molar refractivity (Wildman–Crippen MR) is 88.8 cm³/mol. The van der Waals surface area contributed by atoms with Gasteiger partial charge in [-0.2, -0.15) is 10.2 Å². The molecule has 2 rings (SSSR count). The normalized spacial score (nSPS) is 11.0. The van der Waals surface area contributed by atoms with Crippen LogP contribution in [0.4, 0.5) is 11.4 Å². The highest BCUT2D eigenvalue weighted by molar-refractivity contribution is 5.42. The van der Waals surface area contributed by atoms with Gasteiger partial charge in [-0.25, -0.2) is 0 Å². The molecule has 0 heterocycles. The number of nitrogens with zero attached hydrogens (tertiary/aromatic N) is 2. The number of hydrogen-bond acceptors (Lipinski definition) is 3. The van der Waals surface area contributed by atoms with Crippen LogP contribution in [0.5, 0.6) is 5.75 Å². The van der Waals surface area contributed by atoms with Crippen molar-refractivity contribution in [3.63, 3.8) is 0 Å². The van der Waals surface area contributed by atoms with Gasteiger partial charge >= 0.3 is 0 Å². The van der Waals surface area contributed by atoms with E-state index in [-0.39, 0.29) is 0 Å². The summed E-state index contributed by atoms with van der Waals surface area (Å²) < 4.78 is 5.72. The molecule has 0 atom stereocenters. The van der Waals surface area contributed by atoms with Crippen LogP contribution < -0.4 is 10.5 Å². The van der Waals surface area contributed by atoms with Crippen LogP contribution in [0, 0.1) is 0 Å². The van der Waals surface area contributed by atoms with E-state index in [1.165, 1.54) is 19.3 Å². The van der Waals surface area contributed by atoms with Gasteiger partial charge in [-0.3, -0.25) is 0 Å². The molecule has 4 heteroatoms. The lowest BCUT2D eigenvalue weighted by Gasteiger charge is -2.05. The monoisotopic (exact) mass is 298 g/mol. The maximum absolute atomic E-state index is 5.72. The number of ether oxygens (including phenoxy) is 1. The summed E-state index contributed by atoms with van der Waals surface area (Å²) in [7, 11) is 0. The van der Waals surface area contributed by atoms with Gasteiger partial charge in [0.05, 0.1) is 24.5 Å². The van der Waals surface area contributed by atoms with Crippen molar-refractivity contribution >= 4 is 11.4 Å². The summed E-state index contributed by atoms with van der Waals surface area (Å²) in [5.74, 6) is 0.885. The molecule has 0 unspecified atom stereocenters. The van der Waals surface area contributed by atoms with Crippen LogP contribution in [0.3, 0.4) is 0 Å². The molecule has 22 heavy (non-hydrogen) atoms. The molecule has 0 aliphatic carbocycles. The molecule has 0 aromatic heterocycles. The van der Waals surface area contributed by atoms with Gasteiger partial charge in [0.25, 0.3) is 0 Å². The van der Waals surface area contributed by atoms with E-state index in [1.807, 2.05) is 54.6 Å². The fourth-order valence-corrected chi connectivity index (χ4v) is 2.04. The third-order valence-electron chi connectivity index (χ3n) is 3.29. The Balaban J connectivity index is 1.74. The van der Waals surface area contributed by atoms with Gasteiger partial charge in [0.2, 0.25) is 0 Å². The molecule has 2 aromatic carbocycles. The van der Waals surface area contributed by atoms with Gasteiger partial charge in [0.15, 0.2) is 0 Å². The van der Waals surface area contributed by atoms with E-state index in [4.69, 9.17) is 4.74 Å². The Kier molecular flexibility index (Phi) is 7.12. The van der Waals surface area contributed by atoms with Crippen molar-refractivity contribution in [1.29, 1.82) is 0 Å². The first-order chi connectivity index (χ1) is 10.9. The lowest BCUT2D eigenvalue weighted by molar-refractivity contribution is -0.368. The molecule has 3 N–H and O–H groups in total. The molecular weight excluding hydrogens is 274 g/mol. The average molecular weight is 298 g/mol. The number of benzene rings is 2. The zero-order valence-corrected chi connectivity index (χ0v) is 12.9. The molecule has 0 saturated heterocycles. The zero-order valence-electron chi connectivity index (χ0n) is 12.9. The molecule has 0 fully saturated rings. The van der Waals surface area contributed by atoms with Crippen LogP contribution in [0.1, 0.15) is 25.7 Å². The SMILES string of the molecule is [NH3+]CCCCCCOc1ccc(N=Nc2ccccc2)cc1. The van der Waals surface area contributed by atoms with Gasteiger partial charge in [-0.1, -0.05) is 18.2 Å². The first-order valence-corrected chi connectivity index (χ1v) is 7.87. The first-order valence-electron chi connectivity index (χ1n) is 7.87. The van der Waals surface area contributed by atoms with Crippen molar-refractivity contribution in [2.24, 2.45) is 10.2 Å². The van der Waals surface area contributed by atoms with E-state index in [1.54, 1.807) is 0 Å². The van der Waals surface area contributed by atoms with Gasteiger partial charge in [-0.05, 0) is 62.1 Å². The maximum atomic E-state index is 5.72. The molecule has 0 aliphatic heterocycles. The third-order valence-corrected chi connectivity index (χ3v) is 3.29. The Bertz CT molecular complexity index is 552. The Morgan fingerprint density at radius 1 is 0.727 bits per heavy atom. The molecule has 0 saturated carbocycles. The molecule has 2 aromatic rings. The van der Waals surface area contributed by atoms with Crippen LogP contribution in [-0.2, 0) is 0 Å². The van der Waals surface area contributed by atoms with E-state index < -0.39 is 0 Å².